The molecule has 1 heterocycles. The maximum absolute atomic E-state index is 12.4. The Bertz CT molecular complexity index is 836. The molecule has 2 aromatic rings. The highest BCUT2D eigenvalue weighted by Gasteiger charge is 2.16. The second-order valence-corrected chi connectivity index (χ2v) is 7.40. The van der Waals surface area contributed by atoms with Crippen LogP contribution in [0.25, 0.3) is 5.57 Å². The number of primary amides is 1. The highest BCUT2D eigenvalue weighted by atomic mass is 32.2. The molecule has 0 fully saturated rings. The lowest BCUT2D eigenvalue weighted by Gasteiger charge is -2.26. The summed E-state index contributed by atoms with van der Waals surface area (Å²) in [4.78, 5) is 26.4. The van der Waals surface area contributed by atoms with Gasteiger partial charge in [0, 0.05) is 18.0 Å². The van der Waals surface area contributed by atoms with E-state index in [1.165, 1.54) is 22.9 Å². The molecule has 0 radical (unpaired) electrons. The smallest absolute Gasteiger partial charge is 0.238 e. The van der Waals surface area contributed by atoms with Gasteiger partial charge in [-0.25, -0.2) is 0 Å². The summed E-state index contributed by atoms with van der Waals surface area (Å²) in [5.74, 6) is -0.249. The molecular weight excluding hydrogens is 358 g/mol. The number of anilines is 1. The van der Waals surface area contributed by atoms with E-state index in [1.807, 2.05) is 42.5 Å². The Morgan fingerprint density at radius 1 is 1.07 bits per heavy atom. The number of carbonyl (C=O) groups excluding carboxylic acids is 2. The maximum Gasteiger partial charge on any atom is 0.238 e. The van der Waals surface area contributed by atoms with Gasteiger partial charge in [0.05, 0.1) is 18.0 Å². The van der Waals surface area contributed by atoms with Crippen LogP contribution in [-0.2, 0) is 9.59 Å². The second kappa shape index (κ2) is 9.39. The van der Waals surface area contributed by atoms with E-state index in [4.69, 9.17) is 5.73 Å². The molecule has 0 bridgehead atoms. The number of para-hydroxylation sites is 1. The zero-order chi connectivity index (χ0) is 19.1. The van der Waals surface area contributed by atoms with Gasteiger partial charge in [-0.05, 0) is 29.7 Å². The van der Waals surface area contributed by atoms with E-state index < -0.39 is 0 Å². The van der Waals surface area contributed by atoms with Gasteiger partial charge in [0.15, 0.2) is 0 Å². The molecule has 0 saturated carbocycles. The summed E-state index contributed by atoms with van der Waals surface area (Å²) in [6.07, 6.45) is 3.13. The van der Waals surface area contributed by atoms with E-state index >= 15 is 0 Å². The van der Waals surface area contributed by atoms with Crippen molar-refractivity contribution in [2.24, 2.45) is 5.73 Å². The molecule has 27 heavy (non-hydrogen) atoms. The molecule has 3 N–H and O–H groups in total. The van der Waals surface area contributed by atoms with Gasteiger partial charge < -0.3 is 11.1 Å². The van der Waals surface area contributed by atoms with Crippen LogP contribution in [0, 0.1) is 0 Å². The van der Waals surface area contributed by atoms with Crippen molar-refractivity contribution < 1.29 is 9.59 Å². The van der Waals surface area contributed by atoms with E-state index in [0.29, 0.717) is 12.2 Å². The van der Waals surface area contributed by atoms with Gasteiger partial charge in [0.1, 0.15) is 0 Å². The molecule has 0 saturated heterocycles. The number of nitrogens with two attached hydrogens (primary N) is 1. The normalized spacial score (nSPS) is 14.4. The lowest BCUT2D eigenvalue weighted by molar-refractivity contribution is -0.117. The Morgan fingerprint density at radius 3 is 2.52 bits per heavy atom. The SMILES string of the molecule is NC(=O)CSc1ccccc1NC(=O)CN1CC=C(c2ccccc2)CC1. The Morgan fingerprint density at radius 2 is 1.81 bits per heavy atom. The summed E-state index contributed by atoms with van der Waals surface area (Å²) in [5.41, 5.74) is 8.51. The Hall–Kier alpha value is -2.57. The topological polar surface area (TPSA) is 75.4 Å². The Balaban J connectivity index is 1.55. The zero-order valence-corrected chi connectivity index (χ0v) is 15.9. The van der Waals surface area contributed by atoms with Crippen molar-refractivity contribution in [1.82, 2.24) is 4.90 Å². The van der Waals surface area contributed by atoms with Gasteiger partial charge in [-0.1, -0.05) is 48.5 Å². The van der Waals surface area contributed by atoms with Crippen molar-refractivity contribution >= 4 is 34.8 Å². The lowest BCUT2D eigenvalue weighted by Crippen LogP contribution is -2.36. The van der Waals surface area contributed by atoms with Crippen LogP contribution in [0.1, 0.15) is 12.0 Å². The van der Waals surface area contributed by atoms with Gasteiger partial charge in [-0.2, -0.15) is 0 Å². The molecule has 6 heteroatoms. The number of thioether (sulfide) groups is 1. The Kier molecular flexibility index (Phi) is 6.68. The maximum atomic E-state index is 12.4. The van der Waals surface area contributed by atoms with Crippen LogP contribution in [0.2, 0.25) is 0 Å². The van der Waals surface area contributed by atoms with Crippen LogP contribution in [0.15, 0.2) is 65.6 Å². The third-order valence-corrected chi connectivity index (χ3v) is 5.43. The number of nitrogens with one attached hydrogen (secondary N) is 1. The first-order chi connectivity index (χ1) is 13.1. The average Bonchev–Trinajstić information content (AvgIpc) is 2.68. The van der Waals surface area contributed by atoms with Crippen molar-refractivity contribution in [2.75, 3.05) is 30.7 Å². The van der Waals surface area contributed by atoms with E-state index in [-0.39, 0.29) is 17.6 Å². The van der Waals surface area contributed by atoms with Crippen molar-refractivity contribution in [3.05, 3.63) is 66.2 Å². The third kappa shape index (κ3) is 5.70. The first-order valence-corrected chi connectivity index (χ1v) is 9.87. The van der Waals surface area contributed by atoms with Gasteiger partial charge in [-0.15, -0.1) is 11.8 Å². The molecule has 1 aliphatic rings. The first-order valence-electron chi connectivity index (χ1n) is 8.88. The largest absolute Gasteiger partial charge is 0.369 e. The predicted molar refractivity (Wildman–Crippen MR) is 110 cm³/mol. The number of rotatable bonds is 7. The number of hydrogen-bond acceptors (Lipinski definition) is 4. The molecule has 0 aliphatic carbocycles. The van der Waals surface area contributed by atoms with Crippen LogP contribution in [0.4, 0.5) is 5.69 Å². The third-order valence-electron chi connectivity index (χ3n) is 4.34. The summed E-state index contributed by atoms with van der Waals surface area (Å²) in [7, 11) is 0. The standard InChI is InChI=1S/C21H23N3O2S/c22-20(25)15-27-19-9-5-4-8-18(19)23-21(26)14-24-12-10-17(11-13-24)16-6-2-1-3-7-16/h1-10H,11-15H2,(H2,22,25)(H,23,26). The van der Waals surface area contributed by atoms with Crippen LogP contribution >= 0.6 is 11.8 Å². The van der Waals surface area contributed by atoms with Gasteiger partial charge in [-0.3, -0.25) is 14.5 Å². The van der Waals surface area contributed by atoms with E-state index in [1.54, 1.807) is 0 Å². The number of hydrogen-bond donors (Lipinski definition) is 2. The molecule has 5 nitrogen and oxygen atoms in total. The summed E-state index contributed by atoms with van der Waals surface area (Å²) < 4.78 is 0. The van der Waals surface area contributed by atoms with Crippen molar-refractivity contribution in [2.45, 2.75) is 11.3 Å². The number of benzene rings is 2. The minimum absolute atomic E-state index is 0.0568. The van der Waals surface area contributed by atoms with Crippen molar-refractivity contribution in [3.63, 3.8) is 0 Å². The molecule has 1 aliphatic heterocycles. The van der Waals surface area contributed by atoms with E-state index in [2.05, 4.69) is 28.4 Å². The molecule has 2 aromatic carbocycles. The number of amides is 2. The molecule has 0 spiro atoms. The predicted octanol–water partition coefficient (Wildman–Crippen LogP) is 2.99. The minimum atomic E-state index is -0.379. The summed E-state index contributed by atoms with van der Waals surface area (Å²) in [5, 5.41) is 2.95. The van der Waals surface area contributed by atoms with E-state index in [0.717, 1.165) is 24.4 Å². The average molecular weight is 382 g/mol. The van der Waals surface area contributed by atoms with Gasteiger partial charge in [0.25, 0.3) is 0 Å². The molecular formula is C21H23N3O2S. The van der Waals surface area contributed by atoms with Crippen LogP contribution in [0.3, 0.4) is 0 Å². The summed E-state index contributed by atoms with van der Waals surface area (Å²) in [6, 6.07) is 17.8. The second-order valence-electron chi connectivity index (χ2n) is 6.38. The van der Waals surface area contributed by atoms with Crippen LogP contribution in [-0.4, -0.2) is 42.1 Å². The highest BCUT2D eigenvalue weighted by Crippen LogP contribution is 2.27. The van der Waals surface area contributed by atoms with Gasteiger partial charge >= 0.3 is 0 Å². The fourth-order valence-electron chi connectivity index (χ4n) is 3.01. The number of carbonyl (C=O) groups is 2. The van der Waals surface area contributed by atoms with Crippen molar-refractivity contribution in [1.29, 1.82) is 0 Å². The lowest BCUT2D eigenvalue weighted by atomic mass is 10.00. The van der Waals surface area contributed by atoms with Gasteiger partial charge in [0.2, 0.25) is 11.8 Å². The summed E-state index contributed by atoms with van der Waals surface area (Å²) in [6.45, 7) is 1.95. The minimum Gasteiger partial charge on any atom is -0.369 e. The first kappa shape index (κ1) is 19.2. The molecule has 0 aromatic heterocycles. The molecule has 0 atom stereocenters. The van der Waals surface area contributed by atoms with Crippen LogP contribution < -0.4 is 11.1 Å². The number of nitrogens with zero attached hydrogens (tertiary/aromatic N) is 1. The summed E-state index contributed by atoms with van der Waals surface area (Å²) >= 11 is 1.33. The Labute approximate surface area is 163 Å². The van der Waals surface area contributed by atoms with E-state index in [9.17, 15) is 9.59 Å². The van der Waals surface area contributed by atoms with Crippen LogP contribution in [0.5, 0.6) is 0 Å². The molecule has 3 rings (SSSR count). The monoisotopic (exact) mass is 381 g/mol. The molecule has 140 valence electrons. The van der Waals surface area contributed by atoms with Crippen molar-refractivity contribution in [3.8, 4) is 0 Å². The molecule has 0 unspecified atom stereocenters. The molecule has 2 amide bonds. The fraction of sp³-hybridized carbons (Fsp3) is 0.238. The quantitative estimate of drug-likeness (QED) is 0.723. The zero-order valence-electron chi connectivity index (χ0n) is 15.1. The highest BCUT2D eigenvalue weighted by molar-refractivity contribution is 8.00. The fourth-order valence-corrected chi connectivity index (χ4v) is 3.75.